The van der Waals surface area contributed by atoms with E-state index in [1.165, 1.54) is 12.1 Å². The lowest BCUT2D eigenvalue weighted by molar-refractivity contribution is -0.115. The van der Waals surface area contributed by atoms with E-state index in [1.807, 2.05) is 6.07 Å². The molecule has 1 aliphatic heterocycles. The van der Waals surface area contributed by atoms with Crippen molar-refractivity contribution in [2.45, 2.75) is 19.1 Å². The third-order valence-electron chi connectivity index (χ3n) is 4.42. The summed E-state index contributed by atoms with van der Waals surface area (Å²) >= 11 is 0. The maximum absolute atomic E-state index is 12.7. The number of aliphatic hydroxyl groups is 1. The number of ether oxygens (including phenoxy) is 1. The predicted molar refractivity (Wildman–Crippen MR) is 102 cm³/mol. The van der Waals surface area contributed by atoms with Crippen LogP contribution in [0.4, 0.5) is 10.5 Å². The van der Waals surface area contributed by atoms with Crippen LogP contribution in [0.5, 0.6) is 0 Å². The smallest absolute Gasteiger partial charge is 0.419 e. The van der Waals surface area contributed by atoms with Crippen molar-refractivity contribution in [3.05, 3.63) is 77.9 Å². The number of benzene rings is 2. The first kappa shape index (κ1) is 19.3. The Morgan fingerprint density at radius 2 is 1.79 bits per heavy atom. The molecule has 0 fully saturated rings. The second-order valence-electron chi connectivity index (χ2n) is 6.30. The Labute approximate surface area is 162 Å². The summed E-state index contributed by atoms with van der Waals surface area (Å²) < 4.78 is 4.94. The van der Waals surface area contributed by atoms with Crippen LogP contribution in [0.2, 0.25) is 0 Å². The van der Waals surface area contributed by atoms with E-state index in [1.54, 1.807) is 43.3 Å². The van der Waals surface area contributed by atoms with E-state index in [0.717, 1.165) is 0 Å². The number of nitrogens with zero attached hydrogens (tertiary/aromatic N) is 1. The molecule has 2 aromatic carbocycles. The van der Waals surface area contributed by atoms with E-state index in [-0.39, 0.29) is 29.7 Å². The summed E-state index contributed by atoms with van der Waals surface area (Å²) in [4.78, 5) is 38.2. The van der Waals surface area contributed by atoms with Gasteiger partial charge in [-0.05, 0) is 25.1 Å². The van der Waals surface area contributed by atoms with Crippen LogP contribution in [0.3, 0.4) is 0 Å². The largest absolute Gasteiger partial charge is 0.449 e. The van der Waals surface area contributed by atoms with Gasteiger partial charge in [-0.15, -0.1) is 0 Å². The summed E-state index contributed by atoms with van der Waals surface area (Å²) in [7, 11) is 0. The normalized spacial score (nSPS) is 17.8. The maximum atomic E-state index is 12.7. The fourth-order valence-corrected chi connectivity index (χ4v) is 3.14. The van der Waals surface area contributed by atoms with E-state index in [9.17, 15) is 19.5 Å². The number of nitrogens with one attached hydrogen (secondary N) is 1. The topological polar surface area (TPSA) is 95.9 Å². The molecule has 7 heteroatoms. The Morgan fingerprint density at radius 1 is 1.14 bits per heavy atom. The molecule has 1 heterocycles. The molecule has 0 radical (unpaired) electrons. The molecule has 0 saturated carbocycles. The van der Waals surface area contributed by atoms with Crippen molar-refractivity contribution >= 4 is 23.6 Å². The van der Waals surface area contributed by atoms with Gasteiger partial charge in [0.05, 0.1) is 6.61 Å². The molecule has 2 aromatic rings. The second kappa shape index (κ2) is 7.66. The number of carbonyl (C=O) groups is 3. The summed E-state index contributed by atoms with van der Waals surface area (Å²) in [6, 6.07) is 15.1. The Bertz CT molecular complexity index is 941. The highest BCUT2D eigenvalue weighted by atomic mass is 16.6. The maximum Gasteiger partial charge on any atom is 0.419 e. The first-order valence-electron chi connectivity index (χ1n) is 8.76. The summed E-state index contributed by atoms with van der Waals surface area (Å²) in [5.74, 6) is -1.21. The number of anilines is 1. The summed E-state index contributed by atoms with van der Waals surface area (Å²) in [6.45, 7) is 5.36. The second-order valence-corrected chi connectivity index (χ2v) is 6.30. The zero-order chi connectivity index (χ0) is 20.3. The summed E-state index contributed by atoms with van der Waals surface area (Å²) in [5.41, 5.74) is -1.10. The molecule has 0 aromatic heterocycles. The Hall–Kier alpha value is -3.45. The molecule has 7 nitrogen and oxygen atoms in total. The minimum atomic E-state index is -2.06. The van der Waals surface area contributed by atoms with Gasteiger partial charge in [0.15, 0.2) is 5.72 Å². The zero-order valence-electron chi connectivity index (χ0n) is 15.3. The first-order chi connectivity index (χ1) is 13.4. The van der Waals surface area contributed by atoms with Crippen LogP contribution >= 0.6 is 0 Å². The fourth-order valence-electron chi connectivity index (χ4n) is 3.14. The van der Waals surface area contributed by atoms with E-state index in [0.29, 0.717) is 10.6 Å². The van der Waals surface area contributed by atoms with Crippen molar-refractivity contribution in [3.63, 3.8) is 0 Å². The molecule has 0 aliphatic carbocycles. The number of hydrogen-bond acceptors (Lipinski definition) is 5. The predicted octanol–water partition coefficient (Wildman–Crippen LogP) is 3.03. The van der Waals surface area contributed by atoms with Gasteiger partial charge in [0, 0.05) is 28.8 Å². The lowest BCUT2D eigenvalue weighted by Crippen LogP contribution is -2.48. The summed E-state index contributed by atoms with van der Waals surface area (Å²) in [6.07, 6.45) is -1.34. The first-order valence-corrected chi connectivity index (χ1v) is 8.76. The molecule has 2 N–H and O–H groups in total. The van der Waals surface area contributed by atoms with Gasteiger partial charge in [-0.3, -0.25) is 9.59 Å². The SMILES string of the molecule is C=C(CC1(O)c2ccccc2C(=O)N1C(=O)OCC)C(=O)Nc1ccccc1. The van der Waals surface area contributed by atoms with Gasteiger partial charge in [-0.1, -0.05) is 43.0 Å². The van der Waals surface area contributed by atoms with Gasteiger partial charge in [-0.2, -0.15) is 0 Å². The van der Waals surface area contributed by atoms with Gasteiger partial charge in [0.2, 0.25) is 0 Å². The van der Waals surface area contributed by atoms with Crippen molar-refractivity contribution in [1.82, 2.24) is 4.90 Å². The van der Waals surface area contributed by atoms with E-state index >= 15 is 0 Å². The highest BCUT2D eigenvalue weighted by Crippen LogP contribution is 2.41. The molecule has 28 heavy (non-hydrogen) atoms. The van der Waals surface area contributed by atoms with Crippen LogP contribution in [0.15, 0.2) is 66.7 Å². The van der Waals surface area contributed by atoms with Gasteiger partial charge in [-0.25, -0.2) is 9.69 Å². The van der Waals surface area contributed by atoms with Crippen LogP contribution in [-0.4, -0.2) is 34.5 Å². The average Bonchev–Trinajstić information content (AvgIpc) is 2.90. The van der Waals surface area contributed by atoms with Crippen LogP contribution < -0.4 is 5.32 Å². The van der Waals surface area contributed by atoms with E-state index < -0.39 is 23.6 Å². The number of rotatable bonds is 5. The number of amides is 3. The molecule has 3 rings (SSSR count). The fraction of sp³-hybridized carbons (Fsp3) is 0.190. The number of carbonyl (C=O) groups excluding carboxylic acids is 3. The quantitative estimate of drug-likeness (QED) is 0.778. The lowest BCUT2D eigenvalue weighted by atomic mass is 9.94. The number of hydrogen-bond donors (Lipinski definition) is 2. The average molecular weight is 380 g/mol. The van der Waals surface area contributed by atoms with Crippen molar-refractivity contribution in [2.24, 2.45) is 0 Å². The molecule has 1 atom stereocenters. The highest BCUT2D eigenvalue weighted by molar-refractivity contribution is 6.08. The van der Waals surface area contributed by atoms with Gasteiger partial charge < -0.3 is 15.2 Å². The number of imide groups is 1. The van der Waals surface area contributed by atoms with E-state index in [4.69, 9.17) is 4.74 Å². The molecule has 1 aliphatic rings. The van der Waals surface area contributed by atoms with Crippen molar-refractivity contribution < 1.29 is 24.2 Å². The Kier molecular flexibility index (Phi) is 5.28. The highest BCUT2D eigenvalue weighted by Gasteiger charge is 2.53. The standard InChI is InChI=1S/C21H20N2O5/c1-3-28-20(26)23-19(25)16-11-7-8-12-17(16)21(23,27)13-14(2)18(24)22-15-9-5-4-6-10-15/h4-12,27H,2-3,13H2,1H3,(H,22,24). The Balaban J connectivity index is 1.90. The molecule has 0 spiro atoms. The van der Waals surface area contributed by atoms with Crippen LogP contribution in [0.1, 0.15) is 29.3 Å². The monoisotopic (exact) mass is 380 g/mol. The lowest BCUT2D eigenvalue weighted by Gasteiger charge is -2.32. The molecule has 1 unspecified atom stereocenters. The number of fused-ring (bicyclic) bond motifs is 1. The van der Waals surface area contributed by atoms with Gasteiger partial charge in [0.1, 0.15) is 0 Å². The molecular weight excluding hydrogens is 360 g/mol. The molecule has 0 bridgehead atoms. The van der Waals surface area contributed by atoms with E-state index in [2.05, 4.69) is 11.9 Å². The zero-order valence-corrected chi connectivity index (χ0v) is 15.3. The molecule has 144 valence electrons. The third kappa shape index (κ3) is 3.39. The van der Waals surface area contributed by atoms with Gasteiger partial charge in [0.25, 0.3) is 11.8 Å². The summed E-state index contributed by atoms with van der Waals surface area (Å²) in [5, 5.41) is 14.0. The minimum absolute atomic E-state index is 0.00477. The molecular formula is C21H20N2O5. The van der Waals surface area contributed by atoms with Crippen molar-refractivity contribution in [3.8, 4) is 0 Å². The molecule has 0 saturated heterocycles. The van der Waals surface area contributed by atoms with Crippen LogP contribution in [0.25, 0.3) is 0 Å². The van der Waals surface area contributed by atoms with Gasteiger partial charge >= 0.3 is 6.09 Å². The Morgan fingerprint density at radius 3 is 2.46 bits per heavy atom. The number of para-hydroxylation sites is 1. The van der Waals surface area contributed by atoms with Crippen molar-refractivity contribution in [2.75, 3.05) is 11.9 Å². The van der Waals surface area contributed by atoms with Crippen LogP contribution in [-0.2, 0) is 15.3 Å². The minimum Gasteiger partial charge on any atom is -0.449 e. The molecule has 3 amide bonds. The third-order valence-corrected chi connectivity index (χ3v) is 4.42. The van der Waals surface area contributed by atoms with Crippen LogP contribution in [0, 0.1) is 0 Å². The van der Waals surface area contributed by atoms with Crippen molar-refractivity contribution in [1.29, 1.82) is 0 Å².